The van der Waals surface area contributed by atoms with Crippen molar-refractivity contribution in [1.82, 2.24) is 9.78 Å². The van der Waals surface area contributed by atoms with Crippen molar-refractivity contribution in [1.29, 1.82) is 0 Å². The van der Waals surface area contributed by atoms with Gasteiger partial charge in [0.1, 0.15) is 5.82 Å². The molecule has 1 amide bonds. The van der Waals surface area contributed by atoms with Gasteiger partial charge in [-0.15, -0.1) is 0 Å². The zero-order chi connectivity index (χ0) is 19.1. The minimum Gasteiger partial charge on any atom is -0.478 e. The number of carboxylic acids is 1. The molecular formula is C21H19N3O3. The van der Waals surface area contributed by atoms with Gasteiger partial charge in [-0.2, -0.15) is 5.10 Å². The van der Waals surface area contributed by atoms with Crippen LogP contribution in [0.5, 0.6) is 0 Å². The van der Waals surface area contributed by atoms with Crippen molar-refractivity contribution in [3.05, 3.63) is 76.5 Å². The zero-order valence-electron chi connectivity index (χ0n) is 15.1. The van der Waals surface area contributed by atoms with Gasteiger partial charge >= 0.3 is 5.97 Å². The third-order valence-electron chi connectivity index (χ3n) is 5.01. The lowest BCUT2D eigenvalue weighted by Crippen LogP contribution is -2.25. The molecule has 0 spiro atoms. The van der Waals surface area contributed by atoms with E-state index < -0.39 is 5.97 Å². The van der Waals surface area contributed by atoms with Crippen molar-refractivity contribution in [2.75, 3.05) is 5.32 Å². The van der Waals surface area contributed by atoms with Gasteiger partial charge in [-0.25, -0.2) is 9.48 Å². The van der Waals surface area contributed by atoms with Crippen LogP contribution in [0.25, 0.3) is 5.69 Å². The maximum absolute atomic E-state index is 12.4. The molecule has 1 atom stereocenters. The Hall–Kier alpha value is -3.41. The largest absolute Gasteiger partial charge is 0.478 e. The second kappa shape index (κ2) is 6.39. The SMILES string of the molecule is Cc1ccccc1-n1nc(C)c2c1NC(=O)CC2c1ccc(C(=O)O)cc1. The summed E-state index contributed by atoms with van der Waals surface area (Å²) in [5, 5.41) is 16.8. The van der Waals surface area contributed by atoms with E-state index in [-0.39, 0.29) is 17.4 Å². The Morgan fingerprint density at radius 1 is 1.15 bits per heavy atom. The first-order valence-corrected chi connectivity index (χ1v) is 8.74. The molecule has 136 valence electrons. The van der Waals surface area contributed by atoms with Crippen molar-refractivity contribution in [3.8, 4) is 5.69 Å². The van der Waals surface area contributed by atoms with E-state index in [0.717, 1.165) is 28.1 Å². The highest BCUT2D eigenvalue weighted by Crippen LogP contribution is 2.40. The van der Waals surface area contributed by atoms with Crippen LogP contribution in [-0.2, 0) is 4.79 Å². The number of hydrogen-bond donors (Lipinski definition) is 2. The molecule has 1 aliphatic rings. The molecule has 3 aromatic rings. The second-order valence-corrected chi connectivity index (χ2v) is 6.78. The molecular weight excluding hydrogens is 342 g/mol. The number of rotatable bonds is 3. The number of anilines is 1. The Labute approximate surface area is 156 Å². The van der Waals surface area contributed by atoms with Crippen molar-refractivity contribution in [3.63, 3.8) is 0 Å². The molecule has 6 nitrogen and oxygen atoms in total. The Kier molecular flexibility index (Phi) is 4.03. The van der Waals surface area contributed by atoms with E-state index in [1.807, 2.05) is 38.1 Å². The van der Waals surface area contributed by atoms with Crippen LogP contribution in [0, 0.1) is 13.8 Å². The number of carbonyl (C=O) groups excluding carboxylic acids is 1. The number of aryl methyl sites for hydroxylation is 2. The topological polar surface area (TPSA) is 84.2 Å². The lowest BCUT2D eigenvalue weighted by Gasteiger charge is -2.24. The van der Waals surface area contributed by atoms with Crippen molar-refractivity contribution < 1.29 is 14.7 Å². The quantitative estimate of drug-likeness (QED) is 0.746. The van der Waals surface area contributed by atoms with E-state index in [1.165, 1.54) is 0 Å². The van der Waals surface area contributed by atoms with Gasteiger partial charge in [-0.3, -0.25) is 4.79 Å². The first-order chi connectivity index (χ1) is 13.0. The average molecular weight is 361 g/mol. The highest BCUT2D eigenvalue weighted by Gasteiger charge is 2.32. The minimum atomic E-state index is -0.966. The standard InChI is InChI=1S/C21H19N3O3/c1-12-5-3-4-6-17(12)24-20-19(13(2)23-24)16(11-18(25)22-20)14-7-9-15(10-8-14)21(26)27/h3-10,16H,11H2,1-2H3,(H,22,25)(H,26,27). The molecule has 2 N–H and O–H groups in total. The van der Waals surface area contributed by atoms with Crippen LogP contribution in [0.2, 0.25) is 0 Å². The first-order valence-electron chi connectivity index (χ1n) is 8.74. The van der Waals surface area contributed by atoms with Gasteiger partial charge in [0, 0.05) is 17.9 Å². The predicted molar refractivity (Wildman–Crippen MR) is 102 cm³/mol. The second-order valence-electron chi connectivity index (χ2n) is 6.78. The zero-order valence-corrected chi connectivity index (χ0v) is 15.1. The molecule has 1 aliphatic heterocycles. The molecule has 2 heterocycles. The molecule has 6 heteroatoms. The molecule has 27 heavy (non-hydrogen) atoms. The molecule has 0 bridgehead atoms. The molecule has 2 aromatic carbocycles. The normalized spacial score (nSPS) is 15.9. The van der Waals surface area contributed by atoms with Crippen LogP contribution in [0.4, 0.5) is 5.82 Å². The Balaban J connectivity index is 1.84. The summed E-state index contributed by atoms with van der Waals surface area (Å²) in [6.45, 7) is 3.94. The molecule has 1 aromatic heterocycles. The number of carbonyl (C=O) groups is 2. The van der Waals surface area contributed by atoms with Gasteiger partial charge in [-0.05, 0) is 43.2 Å². The number of nitrogens with one attached hydrogen (secondary N) is 1. The van der Waals surface area contributed by atoms with Crippen molar-refractivity contribution >= 4 is 17.7 Å². The van der Waals surface area contributed by atoms with Gasteiger partial charge < -0.3 is 10.4 Å². The summed E-state index contributed by atoms with van der Waals surface area (Å²) in [6.07, 6.45) is 0.305. The van der Waals surface area contributed by atoms with Crippen molar-refractivity contribution in [2.45, 2.75) is 26.2 Å². The summed E-state index contributed by atoms with van der Waals surface area (Å²) in [4.78, 5) is 23.5. The van der Waals surface area contributed by atoms with Crippen LogP contribution in [-0.4, -0.2) is 26.8 Å². The van der Waals surface area contributed by atoms with Crippen LogP contribution in [0.3, 0.4) is 0 Å². The summed E-state index contributed by atoms with van der Waals surface area (Å²) in [5.41, 5.74) is 4.94. The number of benzene rings is 2. The molecule has 0 aliphatic carbocycles. The smallest absolute Gasteiger partial charge is 0.335 e. The summed E-state index contributed by atoms with van der Waals surface area (Å²) in [6, 6.07) is 14.6. The van der Waals surface area contributed by atoms with Gasteiger partial charge in [0.05, 0.1) is 16.9 Å². The third kappa shape index (κ3) is 2.89. The predicted octanol–water partition coefficient (Wildman–Crippen LogP) is 3.66. The molecule has 1 unspecified atom stereocenters. The number of carboxylic acid groups (broad SMARTS) is 1. The highest BCUT2D eigenvalue weighted by molar-refractivity contribution is 5.95. The summed E-state index contributed by atoms with van der Waals surface area (Å²) >= 11 is 0. The lowest BCUT2D eigenvalue weighted by atomic mass is 9.85. The number of para-hydroxylation sites is 1. The Morgan fingerprint density at radius 3 is 2.52 bits per heavy atom. The van der Waals surface area contributed by atoms with E-state index in [0.29, 0.717) is 12.2 Å². The first kappa shape index (κ1) is 17.0. The van der Waals surface area contributed by atoms with Crippen LogP contribution in [0.1, 0.15) is 45.1 Å². The fourth-order valence-corrected chi connectivity index (χ4v) is 3.67. The fraction of sp³-hybridized carbons (Fsp3) is 0.190. The molecule has 0 saturated carbocycles. The van der Waals surface area contributed by atoms with E-state index in [1.54, 1.807) is 28.9 Å². The van der Waals surface area contributed by atoms with E-state index in [2.05, 4.69) is 10.4 Å². The number of fused-ring (bicyclic) bond motifs is 1. The number of hydrogen-bond acceptors (Lipinski definition) is 3. The molecule has 0 radical (unpaired) electrons. The van der Waals surface area contributed by atoms with E-state index in [9.17, 15) is 9.59 Å². The third-order valence-corrected chi connectivity index (χ3v) is 5.01. The molecule has 0 fully saturated rings. The Bertz CT molecular complexity index is 1050. The summed E-state index contributed by atoms with van der Waals surface area (Å²) in [5.74, 6) is -0.517. The number of aromatic carboxylic acids is 1. The van der Waals surface area contributed by atoms with E-state index in [4.69, 9.17) is 5.11 Å². The van der Waals surface area contributed by atoms with Gasteiger partial charge in [0.15, 0.2) is 0 Å². The van der Waals surface area contributed by atoms with Gasteiger partial charge in [0.25, 0.3) is 0 Å². The lowest BCUT2D eigenvalue weighted by molar-refractivity contribution is -0.116. The van der Waals surface area contributed by atoms with E-state index >= 15 is 0 Å². The van der Waals surface area contributed by atoms with Crippen LogP contribution < -0.4 is 5.32 Å². The summed E-state index contributed by atoms with van der Waals surface area (Å²) < 4.78 is 1.79. The monoisotopic (exact) mass is 361 g/mol. The van der Waals surface area contributed by atoms with Gasteiger partial charge in [0.2, 0.25) is 5.91 Å². The maximum atomic E-state index is 12.4. The fourth-order valence-electron chi connectivity index (χ4n) is 3.67. The average Bonchev–Trinajstić information content (AvgIpc) is 2.98. The number of amides is 1. The van der Waals surface area contributed by atoms with Gasteiger partial charge in [-0.1, -0.05) is 30.3 Å². The van der Waals surface area contributed by atoms with Crippen LogP contribution >= 0.6 is 0 Å². The van der Waals surface area contributed by atoms with Crippen molar-refractivity contribution in [2.24, 2.45) is 0 Å². The summed E-state index contributed by atoms with van der Waals surface area (Å²) in [7, 11) is 0. The van der Waals surface area contributed by atoms with Crippen LogP contribution in [0.15, 0.2) is 48.5 Å². The Morgan fingerprint density at radius 2 is 1.85 bits per heavy atom. The highest BCUT2D eigenvalue weighted by atomic mass is 16.4. The minimum absolute atomic E-state index is 0.0791. The molecule has 4 rings (SSSR count). The number of aromatic nitrogens is 2. The molecule has 0 saturated heterocycles. The maximum Gasteiger partial charge on any atom is 0.335 e. The number of nitrogens with zero attached hydrogens (tertiary/aromatic N) is 2.